The van der Waals surface area contributed by atoms with E-state index in [4.69, 9.17) is 10.2 Å². The first-order valence-corrected chi connectivity index (χ1v) is 3.57. The van der Waals surface area contributed by atoms with E-state index in [9.17, 15) is 17.6 Å². The molecule has 2 N–H and O–H groups in total. The Hall–Kier alpha value is -1.46. The van der Waals surface area contributed by atoms with Crippen LogP contribution in [0.4, 0.5) is 17.6 Å². The van der Waals surface area contributed by atoms with Gasteiger partial charge in [0.05, 0.1) is 11.1 Å². The highest BCUT2D eigenvalue weighted by molar-refractivity contribution is 5.49. The summed E-state index contributed by atoms with van der Waals surface area (Å²) in [4.78, 5) is 0. The minimum atomic E-state index is -1.76. The molecule has 0 saturated carbocycles. The molecule has 2 nitrogen and oxygen atoms in total. The number of alkyl halides is 2. The Morgan fingerprint density at radius 3 is 1.71 bits per heavy atom. The van der Waals surface area contributed by atoms with Crippen LogP contribution in [0.2, 0.25) is 0 Å². The van der Waals surface area contributed by atoms with Crippen molar-refractivity contribution in [3.63, 3.8) is 0 Å². The number of phenols is 2. The highest BCUT2D eigenvalue weighted by atomic mass is 19.2. The van der Waals surface area contributed by atoms with E-state index in [1.807, 2.05) is 0 Å². The van der Waals surface area contributed by atoms with E-state index in [0.29, 0.717) is 0 Å². The van der Waals surface area contributed by atoms with Crippen LogP contribution in [0, 0.1) is 11.6 Å². The average molecular weight is 210 g/mol. The zero-order chi connectivity index (χ0) is 10.9. The lowest BCUT2D eigenvalue weighted by Gasteiger charge is -2.09. The lowest BCUT2D eigenvalue weighted by atomic mass is 10.1. The van der Waals surface area contributed by atoms with Gasteiger partial charge in [-0.05, 0) is 0 Å². The average Bonchev–Trinajstić information content (AvgIpc) is 2.16. The van der Waals surface area contributed by atoms with Gasteiger partial charge in [-0.1, -0.05) is 0 Å². The van der Waals surface area contributed by atoms with Crippen LogP contribution >= 0.6 is 0 Å². The first kappa shape index (κ1) is 10.6. The number of hydrogen-bond donors (Lipinski definition) is 2. The topological polar surface area (TPSA) is 40.5 Å². The number of phenolic OH excluding ortho intramolecular Hbond substituents is 2. The van der Waals surface area contributed by atoms with Crippen molar-refractivity contribution in [3.8, 4) is 11.5 Å². The van der Waals surface area contributed by atoms with Crippen LogP contribution in [0.1, 0.15) is 11.1 Å². The first-order chi connectivity index (χ1) is 6.54. The standard InChI is InChI=1S/C8H6F4O2/c9-1-3-5(11)6(12)8(14)4(2-10)7(3)13/h13-14H,1-2H2. The summed E-state index contributed by atoms with van der Waals surface area (Å²) in [7, 11) is 0. The Balaban J connectivity index is 3.56. The normalized spacial score (nSPS) is 10.6. The predicted molar refractivity (Wildman–Crippen MR) is 39.3 cm³/mol. The number of benzene rings is 1. The molecule has 0 spiro atoms. The van der Waals surface area contributed by atoms with Crippen molar-refractivity contribution in [3.05, 3.63) is 22.8 Å². The molecule has 0 atom stereocenters. The largest absolute Gasteiger partial charge is 0.507 e. The SMILES string of the molecule is Oc1c(F)c(F)c(CF)c(O)c1CF. The van der Waals surface area contributed by atoms with Gasteiger partial charge in [0, 0.05) is 0 Å². The van der Waals surface area contributed by atoms with E-state index in [0.717, 1.165) is 0 Å². The summed E-state index contributed by atoms with van der Waals surface area (Å²) >= 11 is 0. The molecule has 1 aromatic rings. The van der Waals surface area contributed by atoms with Gasteiger partial charge in [0.25, 0.3) is 0 Å². The number of rotatable bonds is 2. The summed E-state index contributed by atoms with van der Waals surface area (Å²) in [5.74, 6) is -5.89. The third kappa shape index (κ3) is 1.36. The Morgan fingerprint density at radius 2 is 1.29 bits per heavy atom. The number of hydrogen-bond acceptors (Lipinski definition) is 2. The van der Waals surface area contributed by atoms with E-state index in [1.165, 1.54) is 0 Å². The minimum absolute atomic E-state index is 0.850. The summed E-state index contributed by atoms with van der Waals surface area (Å²) in [6.07, 6.45) is 0. The van der Waals surface area contributed by atoms with Crippen molar-refractivity contribution >= 4 is 0 Å². The molecule has 1 rings (SSSR count). The molecule has 0 heterocycles. The smallest absolute Gasteiger partial charge is 0.201 e. The van der Waals surface area contributed by atoms with Crippen molar-refractivity contribution in [1.29, 1.82) is 0 Å². The summed E-state index contributed by atoms with van der Waals surface area (Å²) in [6.45, 7) is -2.90. The second-order valence-electron chi connectivity index (χ2n) is 2.55. The van der Waals surface area contributed by atoms with E-state index in [-0.39, 0.29) is 0 Å². The molecule has 1 aromatic carbocycles. The van der Waals surface area contributed by atoms with E-state index < -0.39 is 47.6 Å². The van der Waals surface area contributed by atoms with Gasteiger partial charge in [-0.2, -0.15) is 4.39 Å². The highest BCUT2D eigenvalue weighted by Crippen LogP contribution is 2.36. The van der Waals surface area contributed by atoms with Gasteiger partial charge in [0.2, 0.25) is 5.82 Å². The molecule has 0 aliphatic carbocycles. The molecule has 0 aliphatic rings. The van der Waals surface area contributed by atoms with Crippen molar-refractivity contribution in [2.45, 2.75) is 13.3 Å². The lowest BCUT2D eigenvalue weighted by Crippen LogP contribution is -1.98. The van der Waals surface area contributed by atoms with E-state index in [2.05, 4.69) is 0 Å². The van der Waals surface area contributed by atoms with Gasteiger partial charge in [0.1, 0.15) is 19.1 Å². The van der Waals surface area contributed by atoms with Gasteiger partial charge in [-0.3, -0.25) is 0 Å². The van der Waals surface area contributed by atoms with Crippen LogP contribution in [-0.2, 0) is 13.3 Å². The van der Waals surface area contributed by atoms with Gasteiger partial charge < -0.3 is 10.2 Å². The zero-order valence-electron chi connectivity index (χ0n) is 6.82. The monoisotopic (exact) mass is 210 g/mol. The van der Waals surface area contributed by atoms with Crippen LogP contribution in [0.5, 0.6) is 11.5 Å². The second kappa shape index (κ2) is 3.73. The van der Waals surface area contributed by atoms with Crippen molar-refractivity contribution < 1.29 is 27.8 Å². The van der Waals surface area contributed by atoms with Gasteiger partial charge in [-0.15, -0.1) is 0 Å². The van der Waals surface area contributed by atoms with Crippen molar-refractivity contribution in [2.75, 3.05) is 0 Å². The fourth-order valence-corrected chi connectivity index (χ4v) is 1.02. The molecule has 6 heteroatoms. The van der Waals surface area contributed by atoms with Crippen molar-refractivity contribution in [2.24, 2.45) is 0 Å². The highest BCUT2D eigenvalue weighted by Gasteiger charge is 2.23. The van der Waals surface area contributed by atoms with Gasteiger partial charge in [-0.25, -0.2) is 13.2 Å². The van der Waals surface area contributed by atoms with Crippen LogP contribution < -0.4 is 0 Å². The Kier molecular flexibility index (Phi) is 2.83. The zero-order valence-corrected chi connectivity index (χ0v) is 6.82. The first-order valence-electron chi connectivity index (χ1n) is 3.57. The predicted octanol–water partition coefficient (Wildman–Crippen LogP) is 2.31. The third-order valence-corrected chi connectivity index (χ3v) is 1.79. The Labute approximate surface area is 76.4 Å². The van der Waals surface area contributed by atoms with Crippen LogP contribution in [-0.4, -0.2) is 10.2 Å². The summed E-state index contributed by atoms with van der Waals surface area (Å²) in [5.41, 5.74) is -1.84. The van der Waals surface area contributed by atoms with Crippen LogP contribution in [0.25, 0.3) is 0 Å². The quantitative estimate of drug-likeness (QED) is 0.735. The fraction of sp³-hybridized carbons (Fsp3) is 0.250. The molecule has 0 unspecified atom stereocenters. The molecule has 0 amide bonds. The molecule has 0 aliphatic heterocycles. The van der Waals surface area contributed by atoms with Crippen LogP contribution in [0.15, 0.2) is 0 Å². The molecule has 0 aromatic heterocycles. The molecular formula is C8H6F4O2. The van der Waals surface area contributed by atoms with E-state index in [1.54, 1.807) is 0 Å². The molecule has 14 heavy (non-hydrogen) atoms. The molecule has 0 bridgehead atoms. The maximum Gasteiger partial charge on any atom is 0.201 e. The molecule has 0 radical (unpaired) electrons. The maximum absolute atomic E-state index is 12.8. The minimum Gasteiger partial charge on any atom is -0.507 e. The fourth-order valence-electron chi connectivity index (χ4n) is 1.02. The van der Waals surface area contributed by atoms with Crippen molar-refractivity contribution in [1.82, 2.24) is 0 Å². The van der Waals surface area contributed by atoms with Crippen LogP contribution in [0.3, 0.4) is 0 Å². The Bertz CT molecular complexity index is 334. The molecule has 0 fully saturated rings. The molecular weight excluding hydrogens is 204 g/mol. The van der Waals surface area contributed by atoms with Gasteiger partial charge >= 0.3 is 0 Å². The number of halogens is 4. The third-order valence-electron chi connectivity index (χ3n) is 1.79. The summed E-state index contributed by atoms with van der Waals surface area (Å²) in [5, 5.41) is 17.9. The molecule has 0 saturated heterocycles. The number of aromatic hydroxyl groups is 2. The van der Waals surface area contributed by atoms with Gasteiger partial charge in [0.15, 0.2) is 11.6 Å². The molecule has 78 valence electrons. The van der Waals surface area contributed by atoms with E-state index >= 15 is 0 Å². The Morgan fingerprint density at radius 1 is 0.786 bits per heavy atom. The summed E-state index contributed by atoms with van der Waals surface area (Å²) in [6, 6.07) is 0. The lowest BCUT2D eigenvalue weighted by molar-refractivity contribution is 0.348. The summed E-state index contributed by atoms with van der Waals surface area (Å²) < 4.78 is 49.8. The maximum atomic E-state index is 12.8. The second-order valence-corrected chi connectivity index (χ2v) is 2.55.